The summed E-state index contributed by atoms with van der Waals surface area (Å²) in [4.78, 5) is 1.25. The van der Waals surface area contributed by atoms with Crippen molar-refractivity contribution in [2.24, 2.45) is 5.73 Å². The lowest BCUT2D eigenvalue weighted by Gasteiger charge is -2.10. The van der Waals surface area contributed by atoms with Gasteiger partial charge in [-0.05, 0) is 31.2 Å². The zero-order valence-electron chi connectivity index (χ0n) is 11.2. The Morgan fingerprint density at radius 3 is 2.52 bits per heavy atom. The maximum atomic E-state index is 14.0. The molecule has 0 aliphatic heterocycles. The molecule has 0 unspecified atom stereocenters. The van der Waals surface area contributed by atoms with Gasteiger partial charge in [0.15, 0.2) is 5.82 Å². The number of nitrogens with one attached hydrogen (secondary N) is 1. The van der Waals surface area contributed by atoms with Crippen molar-refractivity contribution >= 4 is 21.4 Å². The number of hydrogen-bond donors (Lipinski definition) is 2. The smallest absolute Gasteiger partial charge is 0.243 e. The summed E-state index contributed by atoms with van der Waals surface area (Å²) < 4.78 is 53.9. The van der Waals surface area contributed by atoms with Crippen LogP contribution in [0.5, 0.6) is 0 Å². The van der Waals surface area contributed by atoms with Crippen LogP contribution in [0, 0.1) is 18.6 Å². The predicted octanol–water partition coefficient (Wildman–Crippen LogP) is 2.27. The summed E-state index contributed by atoms with van der Waals surface area (Å²) in [6.07, 6.45) is 0. The second-order valence-electron chi connectivity index (χ2n) is 4.38. The maximum absolute atomic E-state index is 14.0. The van der Waals surface area contributed by atoms with E-state index >= 15 is 0 Å². The van der Waals surface area contributed by atoms with E-state index in [-0.39, 0.29) is 6.54 Å². The molecule has 2 aromatic rings. The first-order valence-electron chi connectivity index (χ1n) is 6.07. The van der Waals surface area contributed by atoms with Crippen LogP contribution >= 0.6 is 11.3 Å². The van der Waals surface area contributed by atoms with Gasteiger partial charge in [-0.25, -0.2) is 21.9 Å². The summed E-state index contributed by atoms with van der Waals surface area (Å²) in [5.41, 5.74) is 4.80. The Balaban J connectivity index is 2.27. The molecule has 0 saturated heterocycles. The van der Waals surface area contributed by atoms with Crippen LogP contribution in [0.3, 0.4) is 0 Å². The summed E-state index contributed by atoms with van der Waals surface area (Å²) in [5.74, 6) is -2.00. The molecule has 2 rings (SSSR count). The monoisotopic (exact) mass is 332 g/mol. The third-order valence-electron chi connectivity index (χ3n) is 2.88. The lowest BCUT2D eigenvalue weighted by atomic mass is 10.2. The lowest BCUT2D eigenvalue weighted by Crippen LogP contribution is -2.24. The van der Waals surface area contributed by atoms with Gasteiger partial charge in [0.1, 0.15) is 10.7 Å². The van der Waals surface area contributed by atoms with E-state index in [1.54, 1.807) is 6.07 Å². The van der Waals surface area contributed by atoms with E-state index in [2.05, 4.69) is 4.72 Å². The van der Waals surface area contributed by atoms with Crippen LogP contribution in [-0.2, 0) is 23.1 Å². The highest BCUT2D eigenvalue weighted by Crippen LogP contribution is 2.21. The largest absolute Gasteiger partial charge is 0.326 e. The highest BCUT2D eigenvalue weighted by molar-refractivity contribution is 7.89. The van der Waals surface area contributed by atoms with E-state index < -0.39 is 38.7 Å². The minimum absolute atomic E-state index is 0.0512. The molecule has 1 aromatic heterocycles. The van der Waals surface area contributed by atoms with Crippen molar-refractivity contribution in [1.82, 2.24) is 4.72 Å². The first-order valence-corrected chi connectivity index (χ1v) is 8.37. The van der Waals surface area contributed by atoms with Crippen molar-refractivity contribution in [3.63, 3.8) is 0 Å². The Kier molecular flexibility index (Phi) is 4.72. The van der Waals surface area contributed by atoms with Gasteiger partial charge < -0.3 is 5.73 Å². The van der Waals surface area contributed by atoms with Crippen molar-refractivity contribution in [2.45, 2.75) is 24.9 Å². The normalized spacial score (nSPS) is 11.8. The molecular formula is C13H14F2N2O2S2. The Hall–Kier alpha value is -1.35. The zero-order chi connectivity index (χ0) is 15.6. The first kappa shape index (κ1) is 16.0. The van der Waals surface area contributed by atoms with Crippen LogP contribution in [0.2, 0.25) is 0 Å². The van der Waals surface area contributed by atoms with Crippen LogP contribution in [0.25, 0.3) is 0 Å². The van der Waals surface area contributed by atoms with Gasteiger partial charge in [-0.1, -0.05) is 0 Å². The van der Waals surface area contributed by atoms with E-state index in [1.807, 2.05) is 13.0 Å². The van der Waals surface area contributed by atoms with E-state index in [4.69, 9.17) is 5.73 Å². The third kappa shape index (κ3) is 3.46. The van der Waals surface area contributed by atoms with Crippen LogP contribution < -0.4 is 10.5 Å². The fraction of sp³-hybridized carbons (Fsp3) is 0.231. The number of nitrogens with two attached hydrogens (primary N) is 1. The minimum atomic E-state index is -4.07. The first-order chi connectivity index (χ1) is 9.85. The lowest BCUT2D eigenvalue weighted by molar-refractivity contribution is 0.525. The van der Waals surface area contributed by atoms with Gasteiger partial charge in [0.2, 0.25) is 10.0 Å². The molecule has 8 heteroatoms. The number of thiophene rings is 1. The summed E-state index contributed by atoms with van der Waals surface area (Å²) >= 11 is 1.44. The number of hydrogen-bond acceptors (Lipinski definition) is 4. The molecule has 0 radical (unpaired) electrons. The van der Waals surface area contributed by atoms with Crippen molar-refractivity contribution in [3.8, 4) is 0 Å². The Bertz CT molecular complexity index is 758. The SMILES string of the molecule is Cc1ccc(CNS(=O)(=O)c2ccc(F)c(CN)c2F)s1. The quantitative estimate of drug-likeness (QED) is 0.882. The van der Waals surface area contributed by atoms with Crippen molar-refractivity contribution in [1.29, 1.82) is 0 Å². The molecule has 0 atom stereocenters. The number of benzene rings is 1. The molecule has 21 heavy (non-hydrogen) atoms. The summed E-state index contributed by atoms with van der Waals surface area (Å²) in [5, 5.41) is 0. The van der Waals surface area contributed by atoms with E-state index in [1.165, 1.54) is 11.3 Å². The number of halogens is 2. The topological polar surface area (TPSA) is 72.2 Å². The van der Waals surface area contributed by atoms with Crippen LogP contribution in [0.1, 0.15) is 15.3 Å². The fourth-order valence-corrected chi connectivity index (χ4v) is 3.82. The zero-order valence-corrected chi connectivity index (χ0v) is 12.8. The van der Waals surface area contributed by atoms with Gasteiger partial charge >= 0.3 is 0 Å². The predicted molar refractivity (Wildman–Crippen MR) is 77.3 cm³/mol. The van der Waals surface area contributed by atoms with Crippen LogP contribution in [0.15, 0.2) is 29.2 Å². The molecule has 1 aromatic carbocycles. The average Bonchev–Trinajstić information content (AvgIpc) is 2.83. The summed E-state index contributed by atoms with van der Waals surface area (Å²) in [7, 11) is -4.07. The molecule has 0 saturated carbocycles. The number of aryl methyl sites for hydroxylation is 1. The summed E-state index contributed by atoms with van der Waals surface area (Å²) in [6, 6.07) is 5.44. The Labute approximate surface area is 125 Å². The minimum Gasteiger partial charge on any atom is -0.326 e. The molecule has 0 spiro atoms. The van der Waals surface area contributed by atoms with Gasteiger partial charge in [0.25, 0.3) is 0 Å². The fourth-order valence-electron chi connectivity index (χ4n) is 1.79. The van der Waals surface area contributed by atoms with Gasteiger partial charge in [-0.15, -0.1) is 11.3 Å². The second-order valence-corrected chi connectivity index (χ2v) is 7.49. The van der Waals surface area contributed by atoms with Crippen molar-refractivity contribution < 1.29 is 17.2 Å². The van der Waals surface area contributed by atoms with E-state index in [0.717, 1.165) is 21.9 Å². The van der Waals surface area contributed by atoms with Gasteiger partial charge in [-0.3, -0.25) is 0 Å². The van der Waals surface area contributed by atoms with Crippen LogP contribution in [0.4, 0.5) is 8.78 Å². The Morgan fingerprint density at radius 2 is 1.95 bits per heavy atom. The van der Waals surface area contributed by atoms with E-state index in [0.29, 0.717) is 0 Å². The molecule has 0 aliphatic carbocycles. The molecule has 1 heterocycles. The molecule has 0 fully saturated rings. The number of sulfonamides is 1. The highest BCUT2D eigenvalue weighted by Gasteiger charge is 2.23. The Morgan fingerprint density at radius 1 is 1.24 bits per heavy atom. The number of rotatable bonds is 5. The maximum Gasteiger partial charge on any atom is 0.243 e. The highest BCUT2D eigenvalue weighted by atomic mass is 32.2. The second kappa shape index (κ2) is 6.18. The van der Waals surface area contributed by atoms with Gasteiger partial charge in [0.05, 0.1) is 0 Å². The molecule has 0 aliphatic rings. The molecule has 4 nitrogen and oxygen atoms in total. The molecule has 0 amide bonds. The molecule has 0 bridgehead atoms. The standard InChI is InChI=1S/C13H14F2N2O2S2/c1-8-2-3-9(20-8)7-17-21(18,19)12-5-4-11(14)10(6-16)13(12)15/h2-5,17H,6-7,16H2,1H3. The molecule has 3 N–H and O–H groups in total. The van der Waals surface area contributed by atoms with Gasteiger partial charge in [-0.2, -0.15) is 0 Å². The summed E-state index contributed by atoms with van der Waals surface area (Å²) in [6.45, 7) is 1.54. The van der Waals surface area contributed by atoms with Crippen molar-refractivity contribution in [2.75, 3.05) is 0 Å². The average molecular weight is 332 g/mol. The third-order valence-corrected chi connectivity index (χ3v) is 5.30. The van der Waals surface area contributed by atoms with E-state index in [9.17, 15) is 17.2 Å². The van der Waals surface area contributed by atoms with Crippen LogP contribution in [-0.4, -0.2) is 8.42 Å². The molecule has 114 valence electrons. The van der Waals surface area contributed by atoms with Gasteiger partial charge in [0, 0.05) is 28.4 Å². The molecular weight excluding hydrogens is 318 g/mol. The van der Waals surface area contributed by atoms with Crippen molar-refractivity contribution in [3.05, 3.63) is 51.2 Å².